The Labute approximate surface area is 241 Å². The minimum absolute atomic E-state index is 0. The van der Waals surface area contributed by atoms with Crippen LogP contribution in [0.4, 0.5) is 5.13 Å². The predicted octanol–water partition coefficient (Wildman–Crippen LogP) is 4.82. The Morgan fingerprint density at radius 3 is 2.44 bits per heavy atom. The largest absolute Gasteiger partial charge is 0.379 e. The van der Waals surface area contributed by atoms with Crippen molar-refractivity contribution >= 4 is 55.0 Å². The van der Waals surface area contributed by atoms with E-state index in [-0.39, 0.29) is 23.2 Å². The predicted molar refractivity (Wildman–Crippen MR) is 159 cm³/mol. The van der Waals surface area contributed by atoms with Gasteiger partial charge in [-0.2, -0.15) is 4.31 Å². The Bertz CT molecular complexity index is 1370. The first kappa shape index (κ1) is 29.9. The van der Waals surface area contributed by atoms with Gasteiger partial charge in [0, 0.05) is 44.8 Å². The maximum absolute atomic E-state index is 13.8. The van der Waals surface area contributed by atoms with Gasteiger partial charge in [0.15, 0.2) is 5.13 Å². The summed E-state index contributed by atoms with van der Waals surface area (Å²) in [5, 5.41) is 0.667. The number of para-hydroxylation sites is 1. The van der Waals surface area contributed by atoms with Gasteiger partial charge in [-0.1, -0.05) is 30.4 Å². The Morgan fingerprint density at radius 2 is 1.77 bits per heavy atom. The van der Waals surface area contributed by atoms with Gasteiger partial charge in [-0.05, 0) is 68.0 Å². The van der Waals surface area contributed by atoms with Crippen molar-refractivity contribution in [1.29, 1.82) is 0 Å². The van der Waals surface area contributed by atoms with Gasteiger partial charge in [-0.25, -0.2) is 13.4 Å². The molecule has 1 aromatic heterocycles. The van der Waals surface area contributed by atoms with Gasteiger partial charge in [0.2, 0.25) is 10.0 Å². The lowest BCUT2D eigenvalue weighted by Crippen LogP contribution is -2.39. The van der Waals surface area contributed by atoms with Crippen LogP contribution >= 0.6 is 23.7 Å². The first-order chi connectivity index (χ1) is 18.3. The first-order valence-corrected chi connectivity index (χ1v) is 15.7. The lowest BCUT2D eigenvalue weighted by Gasteiger charge is -2.29. The van der Waals surface area contributed by atoms with Crippen LogP contribution in [0, 0.1) is 12.8 Å². The van der Waals surface area contributed by atoms with Crippen LogP contribution in [0.2, 0.25) is 0 Å². The van der Waals surface area contributed by atoms with Gasteiger partial charge in [-0.15, -0.1) is 12.4 Å². The zero-order valence-corrected chi connectivity index (χ0v) is 25.0. The number of anilines is 1. The van der Waals surface area contributed by atoms with Crippen LogP contribution in [0.15, 0.2) is 47.4 Å². The fourth-order valence-corrected chi connectivity index (χ4v) is 7.59. The highest BCUT2D eigenvalue weighted by Crippen LogP contribution is 2.32. The molecule has 8 nitrogen and oxygen atoms in total. The van der Waals surface area contributed by atoms with Crippen molar-refractivity contribution in [3.63, 3.8) is 0 Å². The Balaban J connectivity index is 0.00000353. The lowest BCUT2D eigenvalue weighted by atomic mass is 10.0. The average molecular weight is 593 g/mol. The van der Waals surface area contributed by atoms with E-state index >= 15 is 0 Å². The van der Waals surface area contributed by atoms with Crippen LogP contribution < -0.4 is 4.90 Å². The first-order valence-electron chi connectivity index (χ1n) is 13.4. The maximum atomic E-state index is 13.8. The molecule has 2 fully saturated rings. The molecule has 2 aliphatic rings. The number of sulfonamides is 1. The standard InChI is InChI=1S/C28H36N4O4S2.ClH/c1-21-11-15-31(16-12-21)38(34,35)24-9-7-23(8-10-24)27(33)32(14-4-13-30-17-19-36-20-18-30)28-29-26-22(2)5-3-6-25(26)37-28;/h3,5-10,21H,4,11-20H2,1-2H3;1H. The van der Waals surface area contributed by atoms with E-state index in [1.807, 2.05) is 25.1 Å². The molecule has 39 heavy (non-hydrogen) atoms. The minimum Gasteiger partial charge on any atom is -0.379 e. The number of carbonyl (C=O) groups excluding carboxylic acids is 1. The van der Waals surface area contributed by atoms with Crippen molar-refractivity contribution in [3.8, 4) is 0 Å². The molecular formula is C28H37ClN4O4S2. The molecule has 2 saturated heterocycles. The van der Waals surface area contributed by atoms with Gasteiger partial charge < -0.3 is 4.74 Å². The number of aromatic nitrogens is 1. The highest BCUT2D eigenvalue weighted by molar-refractivity contribution is 7.89. The highest BCUT2D eigenvalue weighted by Gasteiger charge is 2.29. The van der Waals surface area contributed by atoms with E-state index in [1.165, 1.54) is 11.3 Å². The monoisotopic (exact) mass is 592 g/mol. The number of morpholine rings is 1. The zero-order chi connectivity index (χ0) is 26.7. The summed E-state index contributed by atoms with van der Waals surface area (Å²) in [5.41, 5.74) is 2.45. The van der Waals surface area contributed by atoms with E-state index in [1.54, 1.807) is 33.5 Å². The summed E-state index contributed by atoms with van der Waals surface area (Å²) in [5.74, 6) is 0.376. The maximum Gasteiger partial charge on any atom is 0.260 e. The normalized spacial score (nSPS) is 17.7. The molecule has 3 heterocycles. The number of benzene rings is 2. The molecule has 0 spiro atoms. The molecule has 0 N–H and O–H groups in total. The fraction of sp³-hybridized carbons (Fsp3) is 0.500. The molecule has 0 aliphatic carbocycles. The molecule has 1 amide bonds. The van der Waals surface area contributed by atoms with E-state index < -0.39 is 10.0 Å². The van der Waals surface area contributed by atoms with Crippen LogP contribution in [0.5, 0.6) is 0 Å². The lowest BCUT2D eigenvalue weighted by molar-refractivity contribution is 0.0376. The molecule has 0 bridgehead atoms. The fourth-order valence-electron chi connectivity index (χ4n) is 5.05. The summed E-state index contributed by atoms with van der Waals surface area (Å²) < 4.78 is 34.4. The summed E-state index contributed by atoms with van der Waals surface area (Å²) in [7, 11) is -3.57. The number of thiazole rings is 1. The van der Waals surface area contributed by atoms with Gasteiger partial charge in [0.1, 0.15) is 0 Å². The number of nitrogens with zero attached hydrogens (tertiary/aromatic N) is 4. The van der Waals surface area contributed by atoms with Gasteiger partial charge >= 0.3 is 0 Å². The molecule has 0 atom stereocenters. The average Bonchev–Trinajstić information content (AvgIpc) is 3.37. The molecule has 0 unspecified atom stereocenters. The number of hydrogen-bond acceptors (Lipinski definition) is 7. The van der Waals surface area contributed by atoms with Crippen molar-refractivity contribution in [2.45, 2.75) is 38.0 Å². The van der Waals surface area contributed by atoms with Gasteiger partial charge in [0.05, 0.1) is 28.3 Å². The molecule has 212 valence electrons. The minimum atomic E-state index is -3.57. The highest BCUT2D eigenvalue weighted by atomic mass is 35.5. The SMILES string of the molecule is Cc1cccc2sc(N(CCCN3CCOCC3)C(=O)c3ccc(S(=O)(=O)N4CCC(C)CC4)cc3)nc12.Cl. The van der Waals surface area contributed by atoms with Crippen molar-refractivity contribution in [2.75, 3.05) is 57.4 Å². The smallest absolute Gasteiger partial charge is 0.260 e. The Kier molecular flexibility index (Phi) is 10.0. The summed E-state index contributed by atoms with van der Waals surface area (Å²) in [6, 6.07) is 12.5. The summed E-state index contributed by atoms with van der Waals surface area (Å²) in [6.45, 7) is 9.96. The molecule has 3 aromatic rings. The number of carbonyl (C=O) groups is 1. The van der Waals surface area contributed by atoms with Crippen LogP contribution in [0.3, 0.4) is 0 Å². The number of piperidine rings is 1. The summed E-state index contributed by atoms with van der Waals surface area (Å²) in [4.78, 5) is 23.0. The number of aryl methyl sites for hydroxylation is 1. The number of fused-ring (bicyclic) bond motifs is 1. The van der Waals surface area contributed by atoms with E-state index in [4.69, 9.17) is 9.72 Å². The third kappa shape index (κ3) is 6.81. The van der Waals surface area contributed by atoms with E-state index in [2.05, 4.69) is 11.8 Å². The second-order valence-corrected chi connectivity index (χ2v) is 13.2. The van der Waals surface area contributed by atoms with Crippen LogP contribution in [-0.4, -0.2) is 81.0 Å². The van der Waals surface area contributed by atoms with Crippen molar-refractivity contribution in [2.24, 2.45) is 5.92 Å². The Morgan fingerprint density at radius 1 is 1.08 bits per heavy atom. The third-order valence-corrected chi connectivity index (χ3v) is 10.5. The quantitative estimate of drug-likeness (QED) is 0.373. The molecule has 0 saturated carbocycles. The van der Waals surface area contributed by atoms with Gasteiger partial charge in [-0.3, -0.25) is 14.6 Å². The number of amides is 1. The summed E-state index contributed by atoms with van der Waals surface area (Å²) >= 11 is 1.51. The number of hydrogen-bond donors (Lipinski definition) is 0. The topological polar surface area (TPSA) is 83.0 Å². The van der Waals surface area contributed by atoms with E-state index in [9.17, 15) is 13.2 Å². The molecule has 2 aromatic carbocycles. The second-order valence-electron chi connectivity index (χ2n) is 10.3. The molecule has 5 rings (SSSR count). The van der Waals surface area contributed by atoms with E-state index in [0.717, 1.165) is 67.9 Å². The van der Waals surface area contributed by atoms with Crippen molar-refractivity contribution in [1.82, 2.24) is 14.2 Å². The second kappa shape index (κ2) is 13.1. The molecular weight excluding hydrogens is 556 g/mol. The van der Waals surface area contributed by atoms with Crippen molar-refractivity contribution < 1.29 is 17.9 Å². The van der Waals surface area contributed by atoms with Crippen LogP contribution in [-0.2, 0) is 14.8 Å². The number of ether oxygens (including phenoxy) is 1. The number of rotatable bonds is 8. The third-order valence-electron chi connectivity index (χ3n) is 7.53. The molecule has 2 aliphatic heterocycles. The van der Waals surface area contributed by atoms with Crippen LogP contribution in [0.1, 0.15) is 42.1 Å². The van der Waals surface area contributed by atoms with E-state index in [0.29, 0.717) is 36.2 Å². The summed E-state index contributed by atoms with van der Waals surface area (Å²) in [6.07, 6.45) is 2.55. The zero-order valence-electron chi connectivity index (χ0n) is 22.5. The number of halogens is 1. The molecule has 11 heteroatoms. The van der Waals surface area contributed by atoms with Gasteiger partial charge in [0.25, 0.3) is 5.91 Å². The van der Waals surface area contributed by atoms with Crippen LogP contribution in [0.25, 0.3) is 10.2 Å². The molecule has 0 radical (unpaired) electrons. The Hall–Kier alpha value is -2.08. The van der Waals surface area contributed by atoms with Crippen molar-refractivity contribution in [3.05, 3.63) is 53.6 Å².